The summed E-state index contributed by atoms with van der Waals surface area (Å²) >= 11 is 0. The molecule has 4 nitrogen and oxygen atoms in total. The first-order chi connectivity index (χ1) is 6.15. The van der Waals surface area contributed by atoms with Gasteiger partial charge in [-0.15, -0.1) is 0 Å². The molecule has 0 aromatic heterocycles. The predicted molar refractivity (Wildman–Crippen MR) is 47.0 cm³/mol. The fourth-order valence-electron chi connectivity index (χ4n) is 1.69. The predicted octanol–water partition coefficient (Wildman–Crippen LogP) is 0.246. The third-order valence-corrected chi connectivity index (χ3v) is 2.47. The van der Waals surface area contributed by atoms with E-state index in [9.17, 15) is 9.59 Å². The van der Waals surface area contributed by atoms with Crippen molar-refractivity contribution in [1.82, 2.24) is 0 Å². The van der Waals surface area contributed by atoms with Gasteiger partial charge in [0.1, 0.15) is 11.8 Å². The topological polar surface area (TPSA) is 69.4 Å². The average molecular weight is 185 g/mol. The number of hydrogen-bond acceptors (Lipinski definition) is 4. The van der Waals surface area contributed by atoms with Crippen LogP contribution in [0.1, 0.15) is 25.7 Å². The molecule has 74 valence electrons. The van der Waals surface area contributed by atoms with Crippen molar-refractivity contribution in [3.05, 3.63) is 0 Å². The van der Waals surface area contributed by atoms with E-state index in [4.69, 9.17) is 5.73 Å². The van der Waals surface area contributed by atoms with Crippen LogP contribution < -0.4 is 5.73 Å². The second-order valence-electron chi connectivity index (χ2n) is 3.42. The summed E-state index contributed by atoms with van der Waals surface area (Å²) in [5.74, 6) is -0.215. The molecule has 1 saturated carbocycles. The summed E-state index contributed by atoms with van der Waals surface area (Å²) in [6.45, 7) is 0. The molecule has 1 unspecified atom stereocenters. The molecular formula is C9H15NO3. The average Bonchev–Trinajstić information content (AvgIpc) is 2.50. The van der Waals surface area contributed by atoms with E-state index in [1.807, 2.05) is 0 Å². The maximum Gasteiger partial charge on any atom is 0.322 e. The highest BCUT2D eigenvalue weighted by Crippen LogP contribution is 2.25. The monoisotopic (exact) mass is 185 g/mol. The summed E-state index contributed by atoms with van der Waals surface area (Å²) in [6, 6.07) is -0.642. The molecule has 0 aromatic rings. The highest BCUT2D eigenvalue weighted by Gasteiger charge is 2.28. The van der Waals surface area contributed by atoms with Gasteiger partial charge in [0.05, 0.1) is 7.11 Å². The van der Waals surface area contributed by atoms with E-state index < -0.39 is 12.0 Å². The van der Waals surface area contributed by atoms with E-state index in [-0.39, 0.29) is 11.7 Å². The maximum absolute atomic E-state index is 11.2. The van der Waals surface area contributed by atoms with Crippen LogP contribution in [0.5, 0.6) is 0 Å². The summed E-state index contributed by atoms with van der Waals surface area (Å²) < 4.78 is 4.48. The quantitative estimate of drug-likeness (QED) is 0.640. The van der Waals surface area contributed by atoms with Crippen molar-refractivity contribution in [3.63, 3.8) is 0 Å². The lowest BCUT2D eigenvalue weighted by molar-refractivity contribution is -0.142. The van der Waals surface area contributed by atoms with Crippen molar-refractivity contribution in [3.8, 4) is 0 Å². The Kier molecular flexibility index (Phi) is 3.42. The van der Waals surface area contributed by atoms with Gasteiger partial charge in [-0.3, -0.25) is 9.59 Å². The molecule has 0 radical (unpaired) electrons. The van der Waals surface area contributed by atoms with Crippen molar-refractivity contribution >= 4 is 11.8 Å². The minimum absolute atomic E-state index is 0.0194. The van der Waals surface area contributed by atoms with Crippen LogP contribution in [0, 0.1) is 5.92 Å². The van der Waals surface area contributed by atoms with Crippen LogP contribution in [-0.4, -0.2) is 24.9 Å². The first kappa shape index (κ1) is 10.2. The second kappa shape index (κ2) is 4.37. The first-order valence-electron chi connectivity index (χ1n) is 4.51. The number of carbonyl (C=O) groups excluding carboxylic acids is 2. The number of rotatable bonds is 3. The Morgan fingerprint density at radius 2 is 2.46 bits per heavy atom. The van der Waals surface area contributed by atoms with E-state index in [1.54, 1.807) is 0 Å². The Morgan fingerprint density at radius 1 is 1.77 bits per heavy atom. The number of ketones is 1. The van der Waals surface area contributed by atoms with Crippen LogP contribution in [-0.2, 0) is 14.3 Å². The zero-order valence-corrected chi connectivity index (χ0v) is 7.79. The molecule has 0 saturated heterocycles. The molecular weight excluding hydrogens is 170 g/mol. The number of methoxy groups -OCH3 is 1. The summed E-state index contributed by atoms with van der Waals surface area (Å²) in [5.41, 5.74) is 5.54. The van der Waals surface area contributed by atoms with E-state index >= 15 is 0 Å². The molecule has 0 aliphatic heterocycles. The minimum atomic E-state index is -0.642. The Balaban J connectivity index is 2.39. The van der Waals surface area contributed by atoms with Crippen LogP contribution in [0.15, 0.2) is 0 Å². The molecule has 13 heavy (non-hydrogen) atoms. The lowest BCUT2D eigenvalue weighted by Crippen LogP contribution is -2.34. The molecule has 1 rings (SSSR count). The van der Waals surface area contributed by atoms with Crippen LogP contribution >= 0.6 is 0 Å². The fourth-order valence-corrected chi connectivity index (χ4v) is 1.69. The molecule has 0 heterocycles. The van der Waals surface area contributed by atoms with Gasteiger partial charge in [-0.05, 0) is 19.3 Å². The Labute approximate surface area is 77.4 Å². The van der Waals surface area contributed by atoms with E-state index in [2.05, 4.69) is 4.74 Å². The minimum Gasteiger partial charge on any atom is -0.468 e. The van der Waals surface area contributed by atoms with E-state index in [0.717, 1.165) is 12.8 Å². The van der Waals surface area contributed by atoms with Gasteiger partial charge in [0, 0.05) is 12.3 Å². The smallest absolute Gasteiger partial charge is 0.322 e. The number of Topliss-reactive ketones (excluding diaryl/α,β-unsaturated/α-hetero) is 1. The van der Waals surface area contributed by atoms with Crippen LogP contribution in [0.3, 0.4) is 0 Å². The molecule has 0 aromatic carbocycles. The molecule has 1 aliphatic carbocycles. The Bertz CT molecular complexity index is 215. The van der Waals surface area contributed by atoms with E-state index in [0.29, 0.717) is 12.8 Å². The molecule has 1 aliphatic rings. The second-order valence-corrected chi connectivity index (χ2v) is 3.42. The van der Waals surface area contributed by atoms with Crippen molar-refractivity contribution in [2.24, 2.45) is 11.7 Å². The Hall–Kier alpha value is -0.900. The Morgan fingerprint density at radius 3 is 2.92 bits per heavy atom. The summed E-state index contributed by atoms with van der Waals surface area (Å²) in [5, 5.41) is 0. The molecule has 0 bridgehead atoms. The summed E-state index contributed by atoms with van der Waals surface area (Å²) in [4.78, 5) is 22.2. The number of carbonyl (C=O) groups is 2. The largest absolute Gasteiger partial charge is 0.468 e. The maximum atomic E-state index is 11.2. The van der Waals surface area contributed by atoms with Gasteiger partial charge in [-0.1, -0.05) is 0 Å². The highest BCUT2D eigenvalue weighted by atomic mass is 16.5. The molecule has 0 spiro atoms. The van der Waals surface area contributed by atoms with Gasteiger partial charge in [0.2, 0.25) is 0 Å². The SMILES string of the molecule is COC(=O)[C@@H](N)CC1CCCC1=O. The summed E-state index contributed by atoms with van der Waals surface area (Å²) in [7, 11) is 1.30. The highest BCUT2D eigenvalue weighted by molar-refractivity contribution is 5.84. The number of esters is 1. The lowest BCUT2D eigenvalue weighted by Gasteiger charge is -2.12. The molecule has 0 amide bonds. The third kappa shape index (κ3) is 2.52. The van der Waals surface area contributed by atoms with Gasteiger partial charge in [0.15, 0.2) is 0 Å². The molecule has 2 atom stereocenters. The van der Waals surface area contributed by atoms with Crippen molar-refractivity contribution < 1.29 is 14.3 Å². The van der Waals surface area contributed by atoms with E-state index in [1.165, 1.54) is 7.11 Å². The number of nitrogens with two attached hydrogens (primary N) is 1. The van der Waals surface area contributed by atoms with Crippen LogP contribution in [0.4, 0.5) is 0 Å². The van der Waals surface area contributed by atoms with Gasteiger partial charge < -0.3 is 10.5 Å². The van der Waals surface area contributed by atoms with Crippen molar-refractivity contribution in [2.75, 3.05) is 7.11 Å². The fraction of sp³-hybridized carbons (Fsp3) is 0.778. The van der Waals surface area contributed by atoms with Crippen LogP contribution in [0.25, 0.3) is 0 Å². The van der Waals surface area contributed by atoms with Crippen molar-refractivity contribution in [1.29, 1.82) is 0 Å². The first-order valence-corrected chi connectivity index (χ1v) is 4.51. The molecule has 4 heteroatoms. The number of ether oxygens (including phenoxy) is 1. The normalized spacial score (nSPS) is 24.5. The number of hydrogen-bond donors (Lipinski definition) is 1. The zero-order valence-electron chi connectivity index (χ0n) is 7.79. The van der Waals surface area contributed by atoms with Crippen molar-refractivity contribution in [2.45, 2.75) is 31.7 Å². The molecule has 2 N–H and O–H groups in total. The standard InChI is InChI=1S/C9H15NO3/c1-13-9(12)7(10)5-6-3-2-4-8(6)11/h6-7H,2-5,10H2,1H3/t6?,7-/m0/s1. The van der Waals surface area contributed by atoms with Gasteiger partial charge >= 0.3 is 5.97 Å². The third-order valence-electron chi connectivity index (χ3n) is 2.47. The summed E-state index contributed by atoms with van der Waals surface area (Å²) in [6.07, 6.45) is 2.87. The van der Waals surface area contributed by atoms with Gasteiger partial charge in [-0.25, -0.2) is 0 Å². The molecule has 1 fully saturated rings. The van der Waals surface area contributed by atoms with Gasteiger partial charge in [-0.2, -0.15) is 0 Å². The van der Waals surface area contributed by atoms with Crippen LogP contribution in [0.2, 0.25) is 0 Å². The van der Waals surface area contributed by atoms with Gasteiger partial charge in [0.25, 0.3) is 0 Å². The lowest BCUT2D eigenvalue weighted by atomic mass is 9.98. The zero-order chi connectivity index (χ0) is 9.84.